The minimum atomic E-state index is -2.95. The minimum Gasteiger partial charge on any atom is -0.444 e. The van der Waals surface area contributed by atoms with Gasteiger partial charge in [0.1, 0.15) is 5.60 Å². The molecule has 3 nitrogen and oxygen atoms in total. The van der Waals surface area contributed by atoms with E-state index in [2.05, 4.69) is 0 Å². The maximum Gasteiger partial charge on any atom is 0.410 e. The van der Waals surface area contributed by atoms with Crippen molar-refractivity contribution < 1.29 is 18.3 Å². The average Bonchev–Trinajstić information content (AvgIpc) is 2.06. The van der Waals surface area contributed by atoms with Crippen molar-refractivity contribution in [3.63, 3.8) is 0 Å². The van der Waals surface area contributed by atoms with Crippen LogP contribution in [0.5, 0.6) is 0 Å². The second-order valence-corrected chi connectivity index (χ2v) is 4.95. The van der Waals surface area contributed by atoms with Crippen LogP contribution >= 0.6 is 0 Å². The van der Waals surface area contributed by atoms with Crippen molar-refractivity contribution in [3.05, 3.63) is 11.6 Å². The van der Waals surface area contributed by atoms with Gasteiger partial charge < -0.3 is 4.74 Å². The number of amides is 1. The molecule has 1 rings (SSSR count). The molecule has 1 aliphatic heterocycles. The molecule has 0 unspecified atom stereocenters. The first-order valence-corrected chi connectivity index (χ1v) is 5.15. The summed E-state index contributed by atoms with van der Waals surface area (Å²) in [6, 6.07) is 0. The lowest BCUT2D eigenvalue weighted by molar-refractivity contribution is -0.0231. The lowest BCUT2D eigenvalue weighted by Gasteiger charge is -2.33. The van der Waals surface area contributed by atoms with E-state index in [1.165, 1.54) is 13.0 Å². The smallest absolute Gasteiger partial charge is 0.410 e. The van der Waals surface area contributed by atoms with Gasteiger partial charge in [-0.15, -0.1) is 0 Å². The van der Waals surface area contributed by atoms with Crippen LogP contribution in [0.4, 0.5) is 13.6 Å². The molecule has 0 aromatic rings. The standard InChI is InChI=1S/C11H17F2NO2/c1-8-5-6-14(7-11(8,12)13)9(15)16-10(2,3)4/h5H,6-7H2,1-4H3. The van der Waals surface area contributed by atoms with Crippen molar-refractivity contribution in [3.8, 4) is 0 Å². The Labute approximate surface area is 94.1 Å². The highest BCUT2D eigenvalue weighted by Gasteiger charge is 2.39. The number of hydrogen-bond acceptors (Lipinski definition) is 2. The molecule has 0 spiro atoms. The number of halogens is 2. The second kappa shape index (κ2) is 4.03. The van der Waals surface area contributed by atoms with Crippen molar-refractivity contribution in [2.75, 3.05) is 13.1 Å². The van der Waals surface area contributed by atoms with Crippen molar-refractivity contribution in [2.24, 2.45) is 0 Å². The number of ether oxygens (including phenoxy) is 1. The van der Waals surface area contributed by atoms with Crippen LogP contribution in [0.15, 0.2) is 11.6 Å². The molecule has 1 amide bonds. The molecule has 0 fully saturated rings. The zero-order valence-electron chi connectivity index (χ0n) is 10.0. The minimum absolute atomic E-state index is 0.00677. The van der Waals surface area contributed by atoms with Crippen molar-refractivity contribution in [1.29, 1.82) is 0 Å². The van der Waals surface area contributed by atoms with Crippen LogP contribution in [-0.2, 0) is 4.74 Å². The predicted octanol–water partition coefficient (Wildman–Crippen LogP) is 2.82. The Bertz CT molecular complexity index is 318. The lowest BCUT2D eigenvalue weighted by Crippen LogP contribution is -2.46. The topological polar surface area (TPSA) is 29.5 Å². The number of rotatable bonds is 0. The maximum atomic E-state index is 13.3. The SMILES string of the molecule is CC1=CCN(C(=O)OC(C)(C)C)CC1(F)F. The molecule has 0 N–H and O–H groups in total. The van der Waals surface area contributed by atoms with Crippen LogP contribution in [-0.4, -0.2) is 35.6 Å². The van der Waals surface area contributed by atoms with Gasteiger partial charge in [-0.05, 0) is 33.3 Å². The quantitative estimate of drug-likeness (QED) is 0.602. The summed E-state index contributed by atoms with van der Waals surface area (Å²) < 4.78 is 31.7. The first kappa shape index (κ1) is 12.9. The first-order valence-electron chi connectivity index (χ1n) is 5.15. The molecule has 5 heteroatoms. The lowest BCUT2D eigenvalue weighted by atomic mass is 10.1. The fraction of sp³-hybridized carbons (Fsp3) is 0.727. The number of carbonyl (C=O) groups is 1. The van der Waals surface area contributed by atoms with E-state index < -0.39 is 24.2 Å². The van der Waals surface area contributed by atoms with Gasteiger partial charge in [-0.1, -0.05) is 6.08 Å². The number of alkyl halides is 2. The van der Waals surface area contributed by atoms with Crippen molar-refractivity contribution in [1.82, 2.24) is 4.90 Å². The summed E-state index contributed by atoms with van der Waals surface area (Å²) in [6.45, 7) is 6.04. The summed E-state index contributed by atoms with van der Waals surface area (Å²) in [4.78, 5) is 12.6. The van der Waals surface area contributed by atoms with E-state index in [1.54, 1.807) is 20.8 Å². The Kier molecular flexibility index (Phi) is 3.26. The van der Waals surface area contributed by atoms with Gasteiger partial charge in [-0.3, -0.25) is 4.90 Å². The van der Waals surface area contributed by atoms with Gasteiger partial charge in [-0.25, -0.2) is 4.79 Å². The van der Waals surface area contributed by atoms with Gasteiger partial charge in [0.05, 0.1) is 6.54 Å². The van der Waals surface area contributed by atoms with Gasteiger partial charge in [0.2, 0.25) is 0 Å². The van der Waals surface area contributed by atoms with Crippen molar-refractivity contribution in [2.45, 2.75) is 39.2 Å². The Morgan fingerprint density at radius 1 is 1.50 bits per heavy atom. The highest BCUT2D eigenvalue weighted by atomic mass is 19.3. The molecular weight excluding hydrogens is 216 g/mol. The molecule has 0 saturated heterocycles. The van der Waals surface area contributed by atoms with E-state index in [4.69, 9.17) is 4.74 Å². The van der Waals surface area contributed by atoms with Crippen molar-refractivity contribution >= 4 is 6.09 Å². The van der Waals surface area contributed by atoms with Gasteiger partial charge in [0.25, 0.3) is 5.92 Å². The van der Waals surface area contributed by atoms with Crippen LogP contribution in [0.3, 0.4) is 0 Å². The summed E-state index contributed by atoms with van der Waals surface area (Å²) in [7, 11) is 0. The third kappa shape index (κ3) is 3.18. The Hall–Kier alpha value is -1.13. The molecule has 92 valence electrons. The predicted molar refractivity (Wildman–Crippen MR) is 56.5 cm³/mol. The highest BCUT2D eigenvalue weighted by molar-refractivity contribution is 5.69. The molecule has 0 aliphatic carbocycles. The highest BCUT2D eigenvalue weighted by Crippen LogP contribution is 2.28. The van der Waals surface area contributed by atoms with Gasteiger partial charge in [0, 0.05) is 6.54 Å². The van der Waals surface area contributed by atoms with Crippen LogP contribution in [0, 0.1) is 0 Å². The Balaban J connectivity index is 2.69. The molecular formula is C11H17F2NO2. The third-order valence-corrected chi connectivity index (χ3v) is 2.24. The Morgan fingerprint density at radius 3 is 2.50 bits per heavy atom. The zero-order chi connectivity index (χ0) is 12.6. The van der Waals surface area contributed by atoms with Crippen LogP contribution in [0.2, 0.25) is 0 Å². The maximum absolute atomic E-state index is 13.3. The largest absolute Gasteiger partial charge is 0.444 e. The van der Waals surface area contributed by atoms with E-state index in [0.717, 1.165) is 4.90 Å². The molecule has 0 aromatic heterocycles. The van der Waals surface area contributed by atoms with Crippen LogP contribution < -0.4 is 0 Å². The van der Waals surface area contributed by atoms with Gasteiger partial charge in [0.15, 0.2) is 0 Å². The summed E-state index contributed by atoms with van der Waals surface area (Å²) in [6.07, 6.45) is 0.656. The first-order chi connectivity index (χ1) is 7.12. The summed E-state index contributed by atoms with van der Waals surface area (Å²) in [5.41, 5.74) is -0.657. The van der Waals surface area contributed by atoms with E-state index in [1.807, 2.05) is 0 Å². The van der Waals surface area contributed by atoms with E-state index >= 15 is 0 Å². The Morgan fingerprint density at radius 2 is 2.06 bits per heavy atom. The molecule has 0 atom stereocenters. The fourth-order valence-electron chi connectivity index (χ4n) is 1.29. The molecule has 0 bridgehead atoms. The van der Waals surface area contributed by atoms with E-state index in [-0.39, 0.29) is 12.1 Å². The summed E-state index contributed by atoms with van der Waals surface area (Å²) in [5, 5.41) is 0. The van der Waals surface area contributed by atoms with Crippen LogP contribution in [0.1, 0.15) is 27.7 Å². The molecule has 0 aromatic carbocycles. The summed E-state index contributed by atoms with van der Waals surface area (Å²) >= 11 is 0. The molecule has 1 heterocycles. The second-order valence-electron chi connectivity index (χ2n) is 4.95. The van der Waals surface area contributed by atoms with E-state index in [0.29, 0.717) is 0 Å². The average molecular weight is 233 g/mol. The molecule has 0 saturated carbocycles. The normalized spacial score (nSPS) is 20.4. The summed E-state index contributed by atoms with van der Waals surface area (Å²) in [5.74, 6) is -2.95. The third-order valence-electron chi connectivity index (χ3n) is 2.24. The number of nitrogens with zero attached hydrogens (tertiary/aromatic N) is 1. The van der Waals surface area contributed by atoms with E-state index in [9.17, 15) is 13.6 Å². The monoisotopic (exact) mass is 233 g/mol. The number of carbonyl (C=O) groups excluding carboxylic acids is 1. The van der Waals surface area contributed by atoms with Gasteiger partial charge >= 0.3 is 6.09 Å². The fourth-order valence-corrected chi connectivity index (χ4v) is 1.29. The zero-order valence-corrected chi connectivity index (χ0v) is 10.0. The van der Waals surface area contributed by atoms with Gasteiger partial charge in [-0.2, -0.15) is 8.78 Å². The number of hydrogen-bond donors (Lipinski definition) is 0. The molecule has 0 radical (unpaired) electrons. The van der Waals surface area contributed by atoms with Crippen LogP contribution in [0.25, 0.3) is 0 Å². The molecule has 1 aliphatic rings. The molecule has 16 heavy (non-hydrogen) atoms.